The Hall–Kier alpha value is -0.640. The van der Waals surface area contributed by atoms with E-state index < -0.39 is 0 Å². The van der Waals surface area contributed by atoms with Crippen LogP contribution >= 0.6 is 15.9 Å². The highest BCUT2D eigenvalue weighted by atomic mass is 79.9. The Kier molecular flexibility index (Phi) is 3.29. The van der Waals surface area contributed by atoms with Crippen LogP contribution in [0.3, 0.4) is 0 Å². The average molecular weight is 216 g/mol. The molecule has 4 heteroatoms. The fourth-order valence-corrected chi connectivity index (χ4v) is 0.972. The van der Waals surface area contributed by atoms with Crippen LogP contribution in [0.5, 0.6) is 0 Å². The number of rotatable bonds is 3. The summed E-state index contributed by atoms with van der Waals surface area (Å²) in [4.78, 5) is 4.04. The van der Waals surface area contributed by atoms with Crippen molar-refractivity contribution >= 4 is 22.0 Å². The van der Waals surface area contributed by atoms with Gasteiger partial charge >= 0.3 is 0 Å². The number of aryl methyl sites for hydroxylation is 1. The van der Waals surface area contributed by atoms with Crippen LogP contribution < -0.4 is 0 Å². The van der Waals surface area contributed by atoms with Crippen LogP contribution in [-0.4, -0.2) is 20.1 Å². The number of halogens is 1. The Balaban J connectivity index is 2.56. The van der Waals surface area contributed by atoms with Crippen molar-refractivity contribution in [3.05, 3.63) is 18.2 Å². The lowest BCUT2D eigenvalue weighted by Crippen LogP contribution is -1.92. The third-order valence-corrected chi connectivity index (χ3v) is 1.75. The van der Waals surface area contributed by atoms with Crippen LogP contribution in [0.15, 0.2) is 12.4 Å². The second kappa shape index (κ2) is 4.28. The lowest BCUT2D eigenvalue weighted by Gasteiger charge is -1.89. The Morgan fingerprint density at radius 3 is 3.09 bits per heavy atom. The van der Waals surface area contributed by atoms with Gasteiger partial charge in [0, 0.05) is 12.4 Å². The minimum Gasteiger partial charge on any atom is -0.249 e. The molecule has 1 aromatic rings. The van der Waals surface area contributed by atoms with Crippen LogP contribution in [0.25, 0.3) is 6.08 Å². The molecule has 0 atom stereocenters. The summed E-state index contributed by atoms with van der Waals surface area (Å²) >= 11 is 3.34. The molecule has 0 saturated carbocycles. The van der Waals surface area contributed by atoms with E-state index in [1.165, 1.54) is 0 Å². The molecule has 0 fully saturated rings. The Morgan fingerprint density at radius 2 is 2.55 bits per heavy atom. The van der Waals surface area contributed by atoms with Crippen molar-refractivity contribution in [3.8, 4) is 0 Å². The van der Waals surface area contributed by atoms with Crippen LogP contribution in [0.4, 0.5) is 0 Å². The van der Waals surface area contributed by atoms with Gasteiger partial charge in [-0.3, -0.25) is 0 Å². The summed E-state index contributed by atoms with van der Waals surface area (Å²) in [5, 5.41) is 4.93. The van der Waals surface area contributed by atoms with Gasteiger partial charge in [0.25, 0.3) is 0 Å². The SMILES string of the molecule is Cn1ncnc1/C=C/CCBr. The molecule has 0 amide bonds. The van der Waals surface area contributed by atoms with Gasteiger partial charge in [0.15, 0.2) is 0 Å². The summed E-state index contributed by atoms with van der Waals surface area (Å²) in [6.07, 6.45) is 6.60. The maximum absolute atomic E-state index is 4.04. The quantitative estimate of drug-likeness (QED) is 0.718. The van der Waals surface area contributed by atoms with E-state index in [1.54, 1.807) is 11.0 Å². The van der Waals surface area contributed by atoms with E-state index in [4.69, 9.17) is 0 Å². The number of hydrogen-bond acceptors (Lipinski definition) is 2. The van der Waals surface area contributed by atoms with Crippen molar-refractivity contribution in [2.45, 2.75) is 6.42 Å². The first-order valence-corrected chi connectivity index (χ1v) is 4.53. The van der Waals surface area contributed by atoms with Crippen molar-refractivity contribution in [1.82, 2.24) is 14.8 Å². The van der Waals surface area contributed by atoms with E-state index >= 15 is 0 Å². The standard InChI is InChI=1S/C7H10BrN3/c1-11-7(9-6-10-11)4-2-3-5-8/h2,4,6H,3,5H2,1H3/b4-2+. The van der Waals surface area contributed by atoms with E-state index in [0.717, 1.165) is 17.6 Å². The summed E-state index contributed by atoms with van der Waals surface area (Å²) in [6.45, 7) is 0. The predicted molar refractivity (Wildman–Crippen MR) is 48.4 cm³/mol. The Morgan fingerprint density at radius 1 is 1.73 bits per heavy atom. The summed E-state index contributed by atoms with van der Waals surface area (Å²) < 4.78 is 1.74. The number of allylic oxidation sites excluding steroid dienone is 1. The Labute approximate surface area is 74.3 Å². The summed E-state index contributed by atoms with van der Waals surface area (Å²) in [5.41, 5.74) is 0. The van der Waals surface area contributed by atoms with E-state index in [0.29, 0.717) is 0 Å². The lowest BCUT2D eigenvalue weighted by atomic mass is 10.4. The molecule has 1 rings (SSSR count). The molecule has 1 aromatic heterocycles. The topological polar surface area (TPSA) is 30.7 Å². The molecule has 1 heterocycles. The van der Waals surface area contributed by atoms with Crippen molar-refractivity contribution in [2.75, 3.05) is 5.33 Å². The first kappa shape index (κ1) is 8.46. The molecule has 0 saturated heterocycles. The molecule has 0 radical (unpaired) electrons. The highest BCUT2D eigenvalue weighted by molar-refractivity contribution is 9.09. The maximum atomic E-state index is 4.04. The molecular formula is C7H10BrN3. The number of nitrogens with zero attached hydrogens (tertiary/aromatic N) is 3. The molecule has 0 aromatic carbocycles. The largest absolute Gasteiger partial charge is 0.249 e. The van der Waals surface area contributed by atoms with Gasteiger partial charge in [0.05, 0.1) is 0 Å². The minimum absolute atomic E-state index is 0.894. The van der Waals surface area contributed by atoms with Crippen LogP contribution in [-0.2, 0) is 7.05 Å². The molecule has 11 heavy (non-hydrogen) atoms. The zero-order valence-corrected chi connectivity index (χ0v) is 7.95. The fraction of sp³-hybridized carbons (Fsp3) is 0.429. The number of hydrogen-bond donors (Lipinski definition) is 0. The Bertz CT molecular complexity index is 242. The molecule has 0 N–H and O–H groups in total. The third-order valence-electron chi connectivity index (χ3n) is 1.29. The van der Waals surface area contributed by atoms with E-state index in [9.17, 15) is 0 Å². The fourth-order valence-electron chi connectivity index (χ4n) is 0.708. The molecule has 3 nitrogen and oxygen atoms in total. The van der Waals surface area contributed by atoms with Crippen molar-refractivity contribution in [1.29, 1.82) is 0 Å². The van der Waals surface area contributed by atoms with E-state index in [1.807, 2.05) is 13.1 Å². The van der Waals surface area contributed by atoms with Gasteiger partial charge in [-0.1, -0.05) is 22.0 Å². The molecule has 60 valence electrons. The molecule has 0 aliphatic heterocycles. The molecule has 0 spiro atoms. The smallest absolute Gasteiger partial charge is 0.150 e. The molecule has 0 aliphatic carbocycles. The molecular weight excluding hydrogens is 206 g/mol. The van der Waals surface area contributed by atoms with Crippen molar-refractivity contribution in [2.24, 2.45) is 7.05 Å². The average Bonchev–Trinajstić information content (AvgIpc) is 2.37. The van der Waals surface area contributed by atoms with Gasteiger partial charge in [-0.05, 0) is 12.5 Å². The molecule has 0 unspecified atom stereocenters. The van der Waals surface area contributed by atoms with Crippen LogP contribution in [0.1, 0.15) is 12.2 Å². The van der Waals surface area contributed by atoms with Gasteiger partial charge in [-0.25, -0.2) is 9.67 Å². The second-order valence-corrected chi connectivity index (χ2v) is 2.91. The maximum Gasteiger partial charge on any atom is 0.150 e. The third kappa shape index (κ3) is 2.46. The lowest BCUT2D eigenvalue weighted by molar-refractivity contribution is 0.756. The highest BCUT2D eigenvalue weighted by Crippen LogP contribution is 1.97. The zero-order chi connectivity index (χ0) is 8.10. The summed E-state index contributed by atoms with van der Waals surface area (Å²) in [6, 6.07) is 0. The molecule has 0 aliphatic rings. The van der Waals surface area contributed by atoms with E-state index in [2.05, 4.69) is 32.1 Å². The highest BCUT2D eigenvalue weighted by Gasteiger charge is 1.91. The minimum atomic E-state index is 0.894. The van der Waals surface area contributed by atoms with Gasteiger partial charge in [-0.2, -0.15) is 5.10 Å². The van der Waals surface area contributed by atoms with E-state index in [-0.39, 0.29) is 0 Å². The molecule has 0 bridgehead atoms. The van der Waals surface area contributed by atoms with Crippen molar-refractivity contribution in [3.63, 3.8) is 0 Å². The summed E-state index contributed by atoms with van der Waals surface area (Å²) in [5.74, 6) is 0.894. The zero-order valence-electron chi connectivity index (χ0n) is 6.37. The first-order chi connectivity index (χ1) is 5.34. The first-order valence-electron chi connectivity index (χ1n) is 3.41. The van der Waals surface area contributed by atoms with Gasteiger partial charge in [0.1, 0.15) is 12.2 Å². The van der Waals surface area contributed by atoms with Gasteiger partial charge in [0.2, 0.25) is 0 Å². The van der Waals surface area contributed by atoms with Crippen LogP contribution in [0.2, 0.25) is 0 Å². The van der Waals surface area contributed by atoms with Crippen LogP contribution in [0, 0.1) is 0 Å². The summed E-state index contributed by atoms with van der Waals surface area (Å²) in [7, 11) is 1.88. The van der Waals surface area contributed by atoms with Gasteiger partial charge < -0.3 is 0 Å². The number of alkyl halides is 1. The predicted octanol–water partition coefficient (Wildman–Crippen LogP) is 1.61. The normalized spacial score (nSPS) is 11.1. The number of aromatic nitrogens is 3. The monoisotopic (exact) mass is 215 g/mol. The van der Waals surface area contributed by atoms with Gasteiger partial charge in [-0.15, -0.1) is 0 Å². The second-order valence-electron chi connectivity index (χ2n) is 2.12. The van der Waals surface area contributed by atoms with Crippen molar-refractivity contribution < 1.29 is 0 Å².